The Labute approximate surface area is 143 Å². The molecule has 0 saturated heterocycles. The van der Waals surface area contributed by atoms with Crippen LogP contribution in [0.2, 0.25) is 5.02 Å². The van der Waals surface area contributed by atoms with Crippen LogP contribution in [-0.2, 0) is 0 Å². The van der Waals surface area contributed by atoms with E-state index in [9.17, 15) is 10.1 Å². The topological polar surface area (TPSA) is 78.9 Å². The fourth-order valence-electron chi connectivity index (χ4n) is 2.11. The van der Waals surface area contributed by atoms with Gasteiger partial charge in [-0.2, -0.15) is 5.26 Å². The zero-order valence-electron chi connectivity index (χ0n) is 12.7. The first-order valence-electron chi connectivity index (χ1n) is 7.11. The molecule has 0 unspecified atom stereocenters. The highest BCUT2D eigenvalue weighted by Crippen LogP contribution is 2.23. The summed E-state index contributed by atoms with van der Waals surface area (Å²) in [6, 6.07) is 14.1. The summed E-state index contributed by atoms with van der Waals surface area (Å²) < 4.78 is 5.57. The first-order chi connectivity index (χ1) is 11.6. The fraction of sp³-hybridized carbons (Fsp3) is 0.0556. The Kier molecular flexibility index (Phi) is 4.32. The number of ketones is 1. The van der Waals surface area contributed by atoms with Crippen molar-refractivity contribution >= 4 is 39.7 Å². The third-order valence-electron chi connectivity index (χ3n) is 3.38. The summed E-state index contributed by atoms with van der Waals surface area (Å²) in [6.07, 6.45) is 1.51. The quantitative estimate of drug-likeness (QED) is 0.553. The number of aromatic nitrogens is 1. The predicted octanol–water partition coefficient (Wildman–Crippen LogP) is 4.66. The van der Waals surface area contributed by atoms with Gasteiger partial charge in [-0.3, -0.25) is 4.79 Å². The molecule has 24 heavy (non-hydrogen) atoms. The number of oxazole rings is 1. The summed E-state index contributed by atoms with van der Waals surface area (Å²) in [5, 5.41) is 12.9. The molecule has 1 N–H and O–H groups in total. The van der Waals surface area contributed by atoms with Crippen LogP contribution in [0.1, 0.15) is 23.2 Å². The maximum absolute atomic E-state index is 11.3. The van der Waals surface area contributed by atoms with E-state index in [-0.39, 0.29) is 17.2 Å². The van der Waals surface area contributed by atoms with E-state index >= 15 is 0 Å². The second-order valence-electron chi connectivity index (χ2n) is 5.08. The molecule has 0 aliphatic carbocycles. The van der Waals surface area contributed by atoms with Crippen LogP contribution in [0.25, 0.3) is 16.7 Å². The highest BCUT2D eigenvalue weighted by atomic mass is 35.5. The van der Waals surface area contributed by atoms with Crippen LogP contribution in [-0.4, -0.2) is 10.8 Å². The average molecular weight is 338 g/mol. The molecular formula is C18H12ClN3O2. The molecule has 0 saturated carbocycles. The molecule has 2 aromatic carbocycles. The van der Waals surface area contributed by atoms with Crippen molar-refractivity contribution in [2.75, 3.05) is 5.32 Å². The maximum Gasteiger partial charge on any atom is 0.239 e. The van der Waals surface area contributed by atoms with Gasteiger partial charge in [-0.05, 0) is 49.4 Å². The van der Waals surface area contributed by atoms with Gasteiger partial charge in [-0.1, -0.05) is 11.6 Å². The lowest BCUT2D eigenvalue weighted by Crippen LogP contribution is -1.94. The van der Waals surface area contributed by atoms with E-state index in [1.54, 1.807) is 42.5 Å². The third-order valence-corrected chi connectivity index (χ3v) is 3.61. The molecule has 118 valence electrons. The standard InChI is InChI=1S/C18H12ClN3O2/c1-11(23)12-2-5-15(6-3-12)21-10-13(9-20)18-22-16-8-14(19)4-7-17(16)24-18/h2-8,10,21H,1H3/b13-10-. The molecular weight excluding hydrogens is 326 g/mol. The van der Waals surface area contributed by atoms with E-state index in [2.05, 4.69) is 10.3 Å². The average Bonchev–Trinajstić information content (AvgIpc) is 2.98. The van der Waals surface area contributed by atoms with Crippen LogP contribution >= 0.6 is 11.6 Å². The maximum atomic E-state index is 11.3. The molecule has 0 fully saturated rings. The number of anilines is 1. The third kappa shape index (κ3) is 3.29. The number of carbonyl (C=O) groups is 1. The first kappa shape index (κ1) is 15.8. The minimum absolute atomic E-state index is 0.0000533. The highest BCUT2D eigenvalue weighted by Gasteiger charge is 2.11. The van der Waals surface area contributed by atoms with Gasteiger partial charge in [0.1, 0.15) is 17.2 Å². The smallest absolute Gasteiger partial charge is 0.239 e. The van der Waals surface area contributed by atoms with Crippen molar-refractivity contribution < 1.29 is 9.21 Å². The number of rotatable bonds is 4. The second-order valence-corrected chi connectivity index (χ2v) is 5.52. The lowest BCUT2D eigenvalue weighted by atomic mass is 10.1. The molecule has 3 rings (SSSR count). The Hall–Kier alpha value is -3.10. The summed E-state index contributed by atoms with van der Waals surface area (Å²) >= 11 is 5.92. The van der Waals surface area contributed by atoms with Gasteiger partial charge >= 0.3 is 0 Å². The molecule has 0 bridgehead atoms. The highest BCUT2D eigenvalue weighted by molar-refractivity contribution is 6.31. The minimum atomic E-state index is -0.0000533. The van der Waals surface area contributed by atoms with Crippen molar-refractivity contribution in [3.63, 3.8) is 0 Å². The van der Waals surface area contributed by atoms with Crippen molar-refractivity contribution in [1.82, 2.24) is 4.98 Å². The van der Waals surface area contributed by atoms with Gasteiger partial charge in [0.05, 0.1) is 0 Å². The monoisotopic (exact) mass is 337 g/mol. The lowest BCUT2D eigenvalue weighted by molar-refractivity contribution is 0.101. The van der Waals surface area contributed by atoms with E-state index in [1.807, 2.05) is 6.07 Å². The molecule has 3 aromatic rings. The normalized spacial score (nSPS) is 11.3. The number of halogens is 1. The van der Waals surface area contributed by atoms with Crippen molar-refractivity contribution in [3.05, 3.63) is 65.1 Å². The van der Waals surface area contributed by atoms with Crippen LogP contribution in [0.15, 0.2) is 53.1 Å². The Bertz CT molecular complexity index is 982. The fourth-order valence-corrected chi connectivity index (χ4v) is 2.28. The molecule has 0 radical (unpaired) electrons. The lowest BCUT2D eigenvalue weighted by Gasteiger charge is -2.02. The first-order valence-corrected chi connectivity index (χ1v) is 7.49. The summed E-state index contributed by atoms with van der Waals surface area (Å²) in [7, 11) is 0. The number of hydrogen-bond acceptors (Lipinski definition) is 5. The Morgan fingerprint density at radius 3 is 2.71 bits per heavy atom. The largest absolute Gasteiger partial charge is 0.435 e. The van der Waals surface area contributed by atoms with Gasteiger partial charge in [0.25, 0.3) is 0 Å². The number of fused-ring (bicyclic) bond motifs is 1. The van der Waals surface area contributed by atoms with E-state index in [4.69, 9.17) is 16.0 Å². The number of allylic oxidation sites excluding steroid dienone is 1. The van der Waals surface area contributed by atoms with E-state index in [0.717, 1.165) is 5.69 Å². The predicted molar refractivity (Wildman–Crippen MR) is 92.7 cm³/mol. The molecule has 0 amide bonds. The zero-order chi connectivity index (χ0) is 17.1. The van der Waals surface area contributed by atoms with Crippen molar-refractivity contribution in [2.45, 2.75) is 6.92 Å². The number of nitrogens with zero attached hydrogens (tertiary/aromatic N) is 2. The van der Waals surface area contributed by atoms with E-state index in [0.29, 0.717) is 21.7 Å². The van der Waals surface area contributed by atoms with Gasteiger partial charge in [-0.15, -0.1) is 0 Å². The summed E-state index contributed by atoms with van der Waals surface area (Å²) in [5.74, 6) is 0.211. The van der Waals surface area contributed by atoms with Gasteiger partial charge in [0.15, 0.2) is 11.4 Å². The van der Waals surface area contributed by atoms with Gasteiger partial charge in [0, 0.05) is 22.5 Å². The molecule has 0 aliphatic rings. The summed E-state index contributed by atoms with van der Waals surface area (Å²) in [5.41, 5.74) is 2.76. The summed E-state index contributed by atoms with van der Waals surface area (Å²) in [6.45, 7) is 1.51. The molecule has 5 nitrogen and oxygen atoms in total. The molecule has 1 heterocycles. The Morgan fingerprint density at radius 1 is 1.29 bits per heavy atom. The second kappa shape index (κ2) is 6.57. The summed E-state index contributed by atoms with van der Waals surface area (Å²) in [4.78, 5) is 15.5. The minimum Gasteiger partial charge on any atom is -0.435 e. The molecule has 1 aromatic heterocycles. The molecule has 0 atom stereocenters. The van der Waals surface area contributed by atoms with Gasteiger partial charge in [-0.25, -0.2) is 4.98 Å². The van der Waals surface area contributed by atoms with Crippen LogP contribution in [0, 0.1) is 11.3 Å². The number of benzene rings is 2. The van der Waals surface area contributed by atoms with E-state index < -0.39 is 0 Å². The van der Waals surface area contributed by atoms with Gasteiger partial charge < -0.3 is 9.73 Å². The van der Waals surface area contributed by atoms with Crippen LogP contribution in [0.3, 0.4) is 0 Å². The Morgan fingerprint density at radius 2 is 2.04 bits per heavy atom. The van der Waals surface area contributed by atoms with Crippen LogP contribution < -0.4 is 5.32 Å². The SMILES string of the molecule is CC(=O)c1ccc(N/C=C(/C#N)c2nc3cc(Cl)ccc3o2)cc1. The van der Waals surface area contributed by atoms with Crippen molar-refractivity contribution in [1.29, 1.82) is 5.26 Å². The molecule has 6 heteroatoms. The number of carbonyl (C=O) groups excluding carboxylic acids is 1. The zero-order valence-corrected chi connectivity index (χ0v) is 13.5. The molecule has 0 aliphatic heterocycles. The Balaban J connectivity index is 1.85. The van der Waals surface area contributed by atoms with E-state index in [1.165, 1.54) is 13.1 Å². The number of nitrogens with one attached hydrogen (secondary N) is 1. The number of Topliss-reactive ketones (excluding diaryl/α,β-unsaturated/α-hetero) is 1. The van der Waals surface area contributed by atoms with Crippen molar-refractivity contribution in [2.24, 2.45) is 0 Å². The van der Waals surface area contributed by atoms with Crippen molar-refractivity contribution in [3.8, 4) is 6.07 Å². The molecule has 0 spiro atoms. The van der Waals surface area contributed by atoms with Crippen LogP contribution in [0.5, 0.6) is 0 Å². The van der Waals surface area contributed by atoms with Gasteiger partial charge in [0.2, 0.25) is 5.89 Å². The number of hydrogen-bond donors (Lipinski definition) is 1. The number of nitriles is 1. The van der Waals surface area contributed by atoms with Crippen LogP contribution in [0.4, 0.5) is 5.69 Å².